The Balaban J connectivity index is 2.14. The van der Waals surface area contributed by atoms with E-state index < -0.39 is 14.4 Å². The maximum atomic E-state index is 10.4. The van der Waals surface area contributed by atoms with Crippen molar-refractivity contribution in [3.05, 3.63) is 83.9 Å². The van der Waals surface area contributed by atoms with Gasteiger partial charge >= 0.3 is 0 Å². The minimum atomic E-state index is -1.72. The van der Waals surface area contributed by atoms with E-state index in [1.54, 1.807) is 0 Å². The first-order valence-electron chi connectivity index (χ1n) is 9.76. The van der Waals surface area contributed by atoms with Gasteiger partial charge in [0.15, 0.2) is 8.32 Å². The van der Waals surface area contributed by atoms with Gasteiger partial charge < -0.3 is 9.53 Å². The highest BCUT2D eigenvalue weighted by Crippen LogP contribution is 2.31. The largest absolute Gasteiger partial charge is 0.407 e. The Bertz CT molecular complexity index is 642. The summed E-state index contributed by atoms with van der Waals surface area (Å²) < 4.78 is 6.73. The van der Waals surface area contributed by atoms with Gasteiger partial charge in [-0.25, -0.2) is 0 Å². The SMILES string of the molecule is CC[Si](CC)(CC)O[C@H](/C=C\C[C@H](O)c1ccccc1)c1ccccc1. The van der Waals surface area contributed by atoms with Crippen LogP contribution in [0.4, 0.5) is 0 Å². The lowest BCUT2D eigenvalue weighted by Gasteiger charge is -2.32. The highest BCUT2D eigenvalue weighted by atomic mass is 28.4. The van der Waals surface area contributed by atoms with E-state index in [1.807, 2.05) is 36.4 Å². The molecular weight excluding hydrogens is 336 g/mol. The molecule has 0 aliphatic carbocycles. The van der Waals surface area contributed by atoms with E-state index in [-0.39, 0.29) is 6.10 Å². The Morgan fingerprint density at radius 1 is 0.846 bits per heavy atom. The fourth-order valence-electron chi connectivity index (χ4n) is 3.27. The van der Waals surface area contributed by atoms with Crippen LogP contribution in [0.2, 0.25) is 18.1 Å². The van der Waals surface area contributed by atoms with Crippen LogP contribution in [0, 0.1) is 0 Å². The number of hydrogen-bond donors (Lipinski definition) is 1. The summed E-state index contributed by atoms with van der Waals surface area (Å²) in [5.41, 5.74) is 2.14. The van der Waals surface area contributed by atoms with E-state index >= 15 is 0 Å². The molecule has 0 saturated heterocycles. The summed E-state index contributed by atoms with van der Waals surface area (Å²) in [6, 6.07) is 23.6. The van der Waals surface area contributed by atoms with E-state index in [9.17, 15) is 5.11 Å². The monoisotopic (exact) mass is 368 g/mol. The molecule has 2 aromatic carbocycles. The van der Waals surface area contributed by atoms with Crippen molar-refractivity contribution in [1.82, 2.24) is 0 Å². The fourth-order valence-corrected chi connectivity index (χ4v) is 6.03. The summed E-state index contributed by atoms with van der Waals surface area (Å²) in [4.78, 5) is 0. The third kappa shape index (κ3) is 5.66. The molecule has 0 fully saturated rings. The lowest BCUT2D eigenvalue weighted by Crippen LogP contribution is -2.36. The second-order valence-corrected chi connectivity index (χ2v) is 11.5. The smallest absolute Gasteiger partial charge is 0.193 e. The molecule has 0 unspecified atom stereocenters. The molecule has 2 aromatic rings. The van der Waals surface area contributed by atoms with Gasteiger partial charge in [-0.15, -0.1) is 0 Å². The molecule has 0 aromatic heterocycles. The number of hydrogen-bond acceptors (Lipinski definition) is 2. The Morgan fingerprint density at radius 3 is 1.85 bits per heavy atom. The molecule has 2 atom stereocenters. The molecule has 1 N–H and O–H groups in total. The summed E-state index contributed by atoms with van der Waals surface area (Å²) in [5, 5.41) is 10.4. The van der Waals surface area contributed by atoms with Crippen LogP contribution in [-0.2, 0) is 4.43 Å². The second kappa shape index (κ2) is 10.5. The molecule has 140 valence electrons. The van der Waals surface area contributed by atoms with E-state index in [4.69, 9.17) is 4.43 Å². The molecule has 2 rings (SSSR count). The van der Waals surface area contributed by atoms with E-state index in [0.717, 1.165) is 23.7 Å². The number of aliphatic hydroxyl groups excluding tert-OH is 1. The Kier molecular flexibility index (Phi) is 8.30. The van der Waals surface area contributed by atoms with Gasteiger partial charge in [0, 0.05) is 0 Å². The lowest BCUT2D eigenvalue weighted by molar-refractivity contribution is 0.180. The fraction of sp³-hybridized carbons (Fsp3) is 0.391. The van der Waals surface area contributed by atoms with Crippen molar-refractivity contribution in [2.45, 2.75) is 57.5 Å². The summed E-state index contributed by atoms with van der Waals surface area (Å²) in [6.45, 7) is 6.76. The molecule has 0 saturated carbocycles. The van der Waals surface area contributed by atoms with Crippen LogP contribution in [0.25, 0.3) is 0 Å². The van der Waals surface area contributed by atoms with Gasteiger partial charge in [0.2, 0.25) is 0 Å². The lowest BCUT2D eigenvalue weighted by atomic mass is 10.0. The van der Waals surface area contributed by atoms with Gasteiger partial charge in [0.25, 0.3) is 0 Å². The average molecular weight is 369 g/mol. The number of benzene rings is 2. The predicted molar refractivity (Wildman–Crippen MR) is 113 cm³/mol. The Morgan fingerprint density at radius 2 is 1.35 bits per heavy atom. The second-order valence-electron chi connectivity index (χ2n) is 6.78. The molecule has 0 aliphatic heterocycles. The van der Waals surface area contributed by atoms with Crippen molar-refractivity contribution in [2.75, 3.05) is 0 Å². The summed E-state index contributed by atoms with van der Waals surface area (Å²) in [5.74, 6) is 0. The summed E-state index contributed by atoms with van der Waals surface area (Å²) in [6.07, 6.45) is 4.27. The minimum absolute atomic E-state index is 0.0364. The van der Waals surface area contributed by atoms with Crippen LogP contribution >= 0.6 is 0 Å². The van der Waals surface area contributed by atoms with Crippen molar-refractivity contribution in [3.63, 3.8) is 0 Å². The van der Waals surface area contributed by atoms with Gasteiger partial charge in [-0.2, -0.15) is 0 Å². The molecule has 3 heteroatoms. The topological polar surface area (TPSA) is 29.5 Å². The van der Waals surface area contributed by atoms with Crippen LogP contribution in [0.1, 0.15) is 50.5 Å². The molecule has 0 spiro atoms. The zero-order valence-corrected chi connectivity index (χ0v) is 17.3. The third-order valence-electron chi connectivity index (χ3n) is 5.29. The number of rotatable bonds is 10. The van der Waals surface area contributed by atoms with Crippen molar-refractivity contribution in [1.29, 1.82) is 0 Å². The van der Waals surface area contributed by atoms with Crippen molar-refractivity contribution in [3.8, 4) is 0 Å². The molecule has 26 heavy (non-hydrogen) atoms. The minimum Gasteiger partial charge on any atom is -0.407 e. The molecule has 2 nitrogen and oxygen atoms in total. The highest BCUT2D eigenvalue weighted by molar-refractivity contribution is 6.73. The van der Waals surface area contributed by atoms with Gasteiger partial charge in [-0.05, 0) is 35.7 Å². The molecule has 0 aliphatic rings. The van der Waals surface area contributed by atoms with Gasteiger partial charge in [-0.3, -0.25) is 0 Å². The van der Waals surface area contributed by atoms with Crippen LogP contribution in [0.3, 0.4) is 0 Å². The maximum Gasteiger partial charge on any atom is 0.193 e. The van der Waals surface area contributed by atoms with Crippen LogP contribution in [0.5, 0.6) is 0 Å². The molecule has 0 bridgehead atoms. The van der Waals surface area contributed by atoms with Crippen LogP contribution in [-0.4, -0.2) is 13.4 Å². The normalized spacial score (nSPS) is 14.5. The van der Waals surface area contributed by atoms with Crippen molar-refractivity contribution >= 4 is 8.32 Å². The van der Waals surface area contributed by atoms with Crippen molar-refractivity contribution < 1.29 is 9.53 Å². The van der Waals surface area contributed by atoms with E-state index in [0.29, 0.717) is 6.42 Å². The van der Waals surface area contributed by atoms with Crippen LogP contribution in [0.15, 0.2) is 72.8 Å². The molecule has 0 amide bonds. The first kappa shape index (κ1) is 20.6. The molecular formula is C23H32O2Si. The number of aliphatic hydroxyl groups is 1. The molecule has 0 heterocycles. The Hall–Kier alpha value is -1.68. The standard InChI is InChI=1S/C23H32O2Si/c1-4-26(5-2,6-3)25-23(21-16-11-8-12-17-21)19-13-18-22(24)20-14-9-7-10-15-20/h7-17,19,22-24H,4-6,18H2,1-3H3/b19-13-/t22-,23+/m0/s1. The predicted octanol–water partition coefficient (Wildman–Crippen LogP) is 6.43. The quantitative estimate of drug-likeness (QED) is 0.387. The first-order chi connectivity index (χ1) is 12.6. The summed E-state index contributed by atoms with van der Waals surface area (Å²) in [7, 11) is -1.72. The first-order valence-corrected chi connectivity index (χ1v) is 12.3. The van der Waals surface area contributed by atoms with Crippen LogP contribution < -0.4 is 0 Å². The van der Waals surface area contributed by atoms with Gasteiger partial charge in [0.1, 0.15) is 0 Å². The summed E-state index contributed by atoms with van der Waals surface area (Å²) >= 11 is 0. The van der Waals surface area contributed by atoms with Gasteiger partial charge in [0.05, 0.1) is 12.2 Å². The average Bonchev–Trinajstić information content (AvgIpc) is 2.72. The molecule has 0 radical (unpaired) electrons. The zero-order valence-electron chi connectivity index (χ0n) is 16.3. The zero-order chi connectivity index (χ0) is 18.8. The van der Waals surface area contributed by atoms with Gasteiger partial charge in [-0.1, -0.05) is 93.6 Å². The van der Waals surface area contributed by atoms with E-state index in [1.165, 1.54) is 5.56 Å². The van der Waals surface area contributed by atoms with Crippen molar-refractivity contribution in [2.24, 2.45) is 0 Å². The maximum absolute atomic E-state index is 10.4. The highest BCUT2D eigenvalue weighted by Gasteiger charge is 2.31. The van der Waals surface area contributed by atoms with E-state index in [2.05, 4.69) is 57.2 Å². The Labute approximate surface area is 159 Å². The third-order valence-corrected chi connectivity index (χ3v) is 9.91.